The van der Waals surface area contributed by atoms with E-state index in [1.165, 1.54) is 5.56 Å². The molecule has 24 heavy (non-hydrogen) atoms. The van der Waals surface area contributed by atoms with Gasteiger partial charge in [0, 0.05) is 25.7 Å². The van der Waals surface area contributed by atoms with E-state index >= 15 is 0 Å². The molecule has 130 valence electrons. The predicted octanol–water partition coefficient (Wildman–Crippen LogP) is 1.81. The smallest absolute Gasteiger partial charge is 0.253 e. The van der Waals surface area contributed by atoms with Crippen LogP contribution in [0.5, 0.6) is 0 Å². The summed E-state index contributed by atoms with van der Waals surface area (Å²) in [7, 11) is 1.81. The summed E-state index contributed by atoms with van der Waals surface area (Å²) in [6, 6.07) is 7.82. The van der Waals surface area contributed by atoms with Gasteiger partial charge in [-0.25, -0.2) is 0 Å². The zero-order valence-electron chi connectivity index (χ0n) is 14.7. The highest BCUT2D eigenvalue weighted by molar-refractivity contribution is 5.95. The van der Waals surface area contributed by atoms with Crippen LogP contribution in [0.25, 0.3) is 0 Å². The predicted molar refractivity (Wildman–Crippen MR) is 91.8 cm³/mol. The molecule has 2 heterocycles. The molecule has 0 radical (unpaired) electrons. The number of carbonyl (C=O) groups excluding carboxylic acids is 2. The topological polar surface area (TPSA) is 49.9 Å². The van der Waals surface area contributed by atoms with E-state index in [1.807, 2.05) is 36.2 Å². The molecule has 2 aliphatic rings. The molecule has 2 atom stereocenters. The molecule has 3 rings (SSSR count). The number of nitrogens with zero attached hydrogens (tertiary/aromatic N) is 2. The number of benzene rings is 1. The zero-order valence-corrected chi connectivity index (χ0v) is 14.7. The SMILES string of the molecule is CC(C)Cc1ccc(C(=O)N2C[C@@H]3COC[C@H](C2)N(C)C3=O)cc1. The number of likely N-dealkylation sites (N-methyl/N-ethyl adjacent to an activating group) is 1. The summed E-state index contributed by atoms with van der Waals surface area (Å²) >= 11 is 0. The highest BCUT2D eigenvalue weighted by Crippen LogP contribution is 2.21. The van der Waals surface area contributed by atoms with Gasteiger partial charge in [-0.05, 0) is 30.0 Å². The summed E-state index contributed by atoms with van der Waals surface area (Å²) in [4.78, 5) is 28.8. The van der Waals surface area contributed by atoms with Crippen LogP contribution >= 0.6 is 0 Å². The minimum absolute atomic E-state index is 0.00565. The fourth-order valence-corrected chi connectivity index (χ4v) is 3.50. The Hall–Kier alpha value is -1.88. The molecule has 5 nitrogen and oxygen atoms in total. The average Bonchev–Trinajstić information content (AvgIpc) is 2.72. The van der Waals surface area contributed by atoms with Crippen molar-refractivity contribution in [2.24, 2.45) is 11.8 Å². The van der Waals surface area contributed by atoms with Crippen LogP contribution in [-0.2, 0) is 16.0 Å². The summed E-state index contributed by atoms with van der Waals surface area (Å²) in [5.41, 5.74) is 1.94. The van der Waals surface area contributed by atoms with Crippen LogP contribution in [0, 0.1) is 11.8 Å². The Kier molecular flexibility index (Phi) is 4.90. The van der Waals surface area contributed by atoms with Gasteiger partial charge in [0.05, 0.1) is 25.2 Å². The number of fused-ring (bicyclic) bond motifs is 3. The standard InChI is InChI=1S/C19H26N2O3/c1-13(2)8-14-4-6-15(7-5-14)19(23)21-9-16-11-24-12-17(10-21)20(3)18(16)22/h4-7,13,16-17H,8-12H2,1-3H3/t16-,17+/m1/s1. The Bertz CT molecular complexity index is 612. The Morgan fingerprint density at radius 2 is 1.92 bits per heavy atom. The van der Waals surface area contributed by atoms with Crippen molar-refractivity contribution >= 4 is 11.8 Å². The van der Waals surface area contributed by atoms with Gasteiger partial charge in [-0.1, -0.05) is 26.0 Å². The molecule has 0 spiro atoms. The number of ether oxygens (including phenoxy) is 1. The lowest BCUT2D eigenvalue weighted by atomic mass is 10.0. The van der Waals surface area contributed by atoms with Crippen molar-refractivity contribution < 1.29 is 14.3 Å². The minimum Gasteiger partial charge on any atom is -0.378 e. The van der Waals surface area contributed by atoms with Crippen molar-refractivity contribution in [1.82, 2.24) is 9.80 Å². The third kappa shape index (κ3) is 3.46. The molecule has 1 aromatic carbocycles. The second-order valence-corrected chi connectivity index (χ2v) is 7.34. The van der Waals surface area contributed by atoms with Gasteiger partial charge in [0.25, 0.3) is 5.91 Å². The van der Waals surface area contributed by atoms with Crippen LogP contribution in [0.3, 0.4) is 0 Å². The van der Waals surface area contributed by atoms with Crippen molar-refractivity contribution in [2.75, 3.05) is 33.4 Å². The molecule has 2 aliphatic heterocycles. The second kappa shape index (κ2) is 6.93. The monoisotopic (exact) mass is 330 g/mol. The molecule has 0 saturated carbocycles. The van der Waals surface area contributed by atoms with Crippen molar-refractivity contribution in [3.8, 4) is 0 Å². The number of hydrogen-bond acceptors (Lipinski definition) is 3. The molecule has 0 unspecified atom stereocenters. The molecular weight excluding hydrogens is 304 g/mol. The second-order valence-electron chi connectivity index (χ2n) is 7.34. The molecule has 1 aromatic rings. The zero-order chi connectivity index (χ0) is 17.3. The summed E-state index contributed by atoms with van der Waals surface area (Å²) in [6.07, 6.45) is 1.01. The van der Waals surface area contributed by atoms with E-state index in [-0.39, 0.29) is 23.8 Å². The lowest BCUT2D eigenvalue weighted by molar-refractivity contribution is -0.133. The molecule has 0 aliphatic carbocycles. The van der Waals surface area contributed by atoms with E-state index < -0.39 is 0 Å². The summed E-state index contributed by atoms with van der Waals surface area (Å²) in [5, 5.41) is 0. The quantitative estimate of drug-likeness (QED) is 0.849. The third-order valence-corrected chi connectivity index (χ3v) is 4.88. The first-order valence-electron chi connectivity index (χ1n) is 8.68. The molecule has 0 aromatic heterocycles. The number of hydrogen-bond donors (Lipinski definition) is 0. The molecule has 2 bridgehead atoms. The van der Waals surface area contributed by atoms with E-state index in [1.54, 1.807) is 4.90 Å². The maximum atomic E-state index is 12.9. The van der Waals surface area contributed by atoms with Crippen molar-refractivity contribution in [2.45, 2.75) is 26.3 Å². The fourth-order valence-electron chi connectivity index (χ4n) is 3.50. The normalized spacial score (nSPS) is 24.2. The van der Waals surface area contributed by atoms with Gasteiger partial charge in [0.15, 0.2) is 0 Å². The molecule has 2 saturated heterocycles. The van der Waals surface area contributed by atoms with Gasteiger partial charge in [-0.15, -0.1) is 0 Å². The Morgan fingerprint density at radius 1 is 1.21 bits per heavy atom. The Morgan fingerprint density at radius 3 is 2.58 bits per heavy atom. The Balaban J connectivity index is 1.76. The number of amides is 2. The van der Waals surface area contributed by atoms with E-state index in [0.29, 0.717) is 37.8 Å². The van der Waals surface area contributed by atoms with Crippen LogP contribution in [-0.4, -0.2) is 61.0 Å². The lowest BCUT2D eigenvalue weighted by Gasteiger charge is -2.29. The van der Waals surface area contributed by atoms with Gasteiger partial charge in [-0.3, -0.25) is 9.59 Å². The third-order valence-electron chi connectivity index (χ3n) is 4.88. The van der Waals surface area contributed by atoms with E-state index in [2.05, 4.69) is 13.8 Å². The maximum absolute atomic E-state index is 12.9. The first kappa shape index (κ1) is 17.0. The van der Waals surface area contributed by atoms with E-state index in [0.717, 1.165) is 6.42 Å². The van der Waals surface area contributed by atoms with Crippen LogP contribution in [0.1, 0.15) is 29.8 Å². The largest absolute Gasteiger partial charge is 0.378 e. The van der Waals surface area contributed by atoms with Crippen LogP contribution < -0.4 is 0 Å². The number of rotatable bonds is 3. The molecule has 0 N–H and O–H groups in total. The van der Waals surface area contributed by atoms with Crippen molar-refractivity contribution in [3.63, 3.8) is 0 Å². The Labute approximate surface area is 143 Å². The van der Waals surface area contributed by atoms with Crippen LogP contribution in [0.15, 0.2) is 24.3 Å². The molecule has 5 heteroatoms. The maximum Gasteiger partial charge on any atom is 0.253 e. The van der Waals surface area contributed by atoms with E-state index in [4.69, 9.17) is 4.74 Å². The molecule has 2 fully saturated rings. The average molecular weight is 330 g/mol. The lowest BCUT2D eigenvalue weighted by Crippen LogP contribution is -2.45. The minimum atomic E-state index is -0.258. The summed E-state index contributed by atoms with van der Waals surface area (Å²) in [5.74, 6) is 0.427. The van der Waals surface area contributed by atoms with Gasteiger partial charge >= 0.3 is 0 Å². The fraction of sp³-hybridized carbons (Fsp3) is 0.579. The van der Waals surface area contributed by atoms with Crippen LogP contribution in [0.4, 0.5) is 0 Å². The van der Waals surface area contributed by atoms with Crippen molar-refractivity contribution in [3.05, 3.63) is 35.4 Å². The van der Waals surface area contributed by atoms with Gasteiger partial charge in [-0.2, -0.15) is 0 Å². The first-order valence-corrected chi connectivity index (χ1v) is 8.68. The van der Waals surface area contributed by atoms with Gasteiger partial charge in [0.1, 0.15) is 0 Å². The van der Waals surface area contributed by atoms with Crippen molar-refractivity contribution in [1.29, 1.82) is 0 Å². The number of carbonyl (C=O) groups is 2. The summed E-state index contributed by atoms with van der Waals surface area (Å²) in [6.45, 7) is 6.24. The molecule has 2 amide bonds. The summed E-state index contributed by atoms with van der Waals surface area (Å²) < 4.78 is 5.59. The van der Waals surface area contributed by atoms with Crippen LogP contribution in [0.2, 0.25) is 0 Å². The van der Waals surface area contributed by atoms with Gasteiger partial charge < -0.3 is 14.5 Å². The van der Waals surface area contributed by atoms with E-state index in [9.17, 15) is 9.59 Å². The first-order chi connectivity index (χ1) is 11.5. The van der Waals surface area contributed by atoms with Gasteiger partial charge in [0.2, 0.25) is 5.91 Å². The highest BCUT2D eigenvalue weighted by Gasteiger charge is 2.38. The highest BCUT2D eigenvalue weighted by atomic mass is 16.5. The molecular formula is C19H26N2O3.